The lowest BCUT2D eigenvalue weighted by atomic mass is 10.2. The lowest BCUT2D eigenvalue weighted by molar-refractivity contribution is 1.18. The van der Waals surface area contributed by atoms with E-state index in [4.69, 9.17) is 29.0 Å². The highest BCUT2D eigenvalue weighted by Gasteiger charge is 2.05. The summed E-state index contributed by atoms with van der Waals surface area (Å²) in [5.74, 6) is 5.75. The zero-order chi connectivity index (χ0) is 10.1. The van der Waals surface area contributed by atoms with Crippen LogP contribution in [0.4, 0.5) is 5.82 Å². The van der Waals surface area contributed by atoms with Gasteiger partial charge >= 0.3 is 0 Å². The smallest absolute Gasteiger partial charge is 0.224 e. The van der Waals surface area contributed by atoms with E-state index in [0.717, 1.165) is 5.39 Å². The van der Waals surface area contributed by atoms with Crippen molar-refractivity contribution >= 4 is 39.9 Å². The van der Waals surface area contributed by atoms with Crippen molar-refractivity contribution in [2.75, 3.05) is 5.43 Å². The van der Waals surface area contributed by atoms with Gasteiger partial charge in [-0.15, -0.1) is 0 Å². The van der Waals surface area contributed by atoms with Gasteiger partial charge < -0.3 is 5.43 Å². The Kier molecular flexibility index (Phi) is 2.41. The topological polar surface area (TPSA) is 63.8 Å². The third kappa shape index (κ3) is 1.59. The van der Waals surface area contributed by atoms with E-state index in [2.05, 4.69) is 15.4 Å². The Balaban J connectivity index is 2.81. The van der Waals surface area contributed by atoms with Gasteiger partial charge in [0.15, 0.2) is 5.82 Å². The molecule has 0 spiro atoms. The summed E-state index contributed by atoms with van der Waals surface area (Å²) >= 11 is 11.5. The average Bonchev–Trinajstić information content (AvgIpc) is 2.17. The van der Waals surface area contributed by atoms with Crippen LogP contribution in [0.2, 0.25) is 10.3 Å². The molecule has 0 unspecified atom stereocenters. The predicted octanol–water partition coefficient (Wildman–Crippen LogP) is 2.22. The summed E-state index contributed by atoms with van der Waals surface area (Å²) < 4.78 is 0. The molecule has 0 radical (unpaired) electrons. The van der Waals surface area contributed by atoms with E-state index in [1.165, 1.54) is 0 Å². The number of nitrogens with one attached hydrogen (secondary N) is 1. The van der Waals surface area contributed by atoms with Crippen LogP contribution in [0, 0.1) is 0 Å². The van der Waals surface area contributed by atoms with Crippen molar-refractivity contribution in [2.24, 2.45) is 5.84 Å². The largest absolute Gasteiger partial charge is 0.308 e. The highest BCUT2D eigenvalue weighted by Crippen LogP contribution is 2.24. The van der Waals surface area contributed by atoms with Gasteiger partial charge in [0, 0.05) is 10.4 Å². The zero-order valence-electron chi connectivity index (χ0n) is 6.96. The number of nitrogens with zero attached hydrogens (tertiary/aromatic N) is 2. The van der Waals surface area contributed by atoms with E-state index in [-0.39, 0.29) is 5.28 Å². The molecule has 0 bridgehead atoms. The van der Waals surface area contributed by atoms with Gasteiger partial charge in [-0.1, -0.05) is 11.6 Å². The van der Waals surface area contributed by atoms with E-state index in [1.54, 1.807) is 18.2 Å². The standard InChI is InChI=1S/C8H6Cl2N4/c9-4-1-2-6-5(3-4)7(14-11)13-8(10)12-6/h1-3H,11H2,(H,12,13,14). The van der Waals surface area contributed by atoms with Crippen molar-refractivity contribution < 1.29 is 0 Å². The minimum absolute atomic E-state index is 0.146. The highest BCUT2D eigenvalue weighted by atomic mass is 35.5. The number of hydrazine groups is 1. The zero-order valence-corrected chi connectivity index (χ0v) is 8.47. The Labute approximate surface area is 90.0 Å². The SMILES string of the molecule is NNc1nc(Cl)nc2ccc(Cl)cc12. The number of anilines is 1. The maximum atomic E-state index is 5.83. The molecule has 0 saturated heterocycles. The molecule has 2 aromatic rings. The van der Waals surface area contributed by atoms with Gasteiger partial charge in [-0.05, 0) is 29.8 Å². The highest BCUT2D eigenvalue weighted by molar-refractivity contribution is 6.31. The monoisotopic (exact) mass is 228 g/mol. The van der Waals surface area contributed by atoms with E-state index in [9.17, 15) is 0 Å². The van der Waals surface area contributed by atoms with E-state index >= 15 is 0 Å². The van der Waals surface area contributed by atoms with Crippen LogP contribution in [0.25, 0.3) is 10.9 Å². The molecule has 72 valence electrons. The van der Waals surface area contributed by atoms with Crippen molar-refractivity contribution in [3.05, 3.63) is 28.5 Å². The molecular weight excluding hydrogens is 223 g/mol. The molecule has 0 aliphatic heterocycles. The second-order valence-electron chi connectivity index (χ2n) is 2.65. The van der Waals surface area contributed by atoms with E-state index in [1.807, 2.05) is 0 Å². The maximum absolute atomic E-state index is 5.83. The van der Waals surface area contributed by atoms with E-state index in [0.29, 0.717) is 16.4 Å². The molecule has 2 rings (SSSR count). The lowest BCUT2D eigenvalue weighted by Crippen LogP contribution is -2.09. The molecule has 0 saturated carbocycles. The summed E-state index contributed by atoms with van der Waals surface area (Å²) in [5, 5.41) is 1.48. The van der Waals surface area contributed by atoms with Crippen LogP contribution in [0.5, 0.6) is 0 Å². The Morgan fingerprint density at radius 3 is 2.71 bits per heavy atom. The van der Waals surface area contributed by atoms with Gasteiger partial charge in [0.25, 0.3) is 0 Å². The quantitative estimate of drug-likeness (QED) is 0.447. The molecule has 1 aromatic carbocycles. The van der Waals surface area contributed by atoms with Crippen LogP contribution in [0.15, 0.2) is 18.2 Å². The summed E-state index contributed by atoms with van der Waals surface area (Å²) in [5.41, 5.74) is 3.14. The molecule has 1 aromatic heterocycles. The molecule has 14 heavy (non-hydrogen) atoms. The van der Waals surface area contributed by atoms with Gasteiger partial charge in [-0.2, -0.15) is 4.98 Å². The first-order valence-electron chi connectivity index (χ1n) is 3.80. The molecule has 0 amide bonds. The predicted molar refractivity (Wildman–Crippen MR) is 57.4 cm³/mol. The summed E-state index contributed by atoms with van der Waals surface area (Å²) in [6, 6.07) is 5.21. The Hall–Kier alpha value is -1.10. The number of nitrogen functional groups attached to an aromatic ring is 1. The maximum Gasteiger partial charge on any atom is 0.224 e. The number of halogens is 2. The summed E-state index contributed by atoms with van der Waals surface area (Å²) in [7, 11) is 0. The Bertz CT molecular complexity index is 486. The Morgan fingerprint density at radius 1 is 1.21 bits per heavy atom. The second-order valence-corrected chi connectivity index (χ2v) is 3.42. The number of hydrogen-bond donors (Lipinski definition) is 2. The van der Waals surface area contributed by atoms with Gasteiger partial charge in [0.2, 0.25) is 5.28 Å². The fourth-order valence-electron chi connectivity index (χ4n) is 1.18. The lowest BCUT2D eigenvalue weighted by Gasteiger charge is -2.04. The van der Waals surface area contributed by atoms with Crippen molar-refractivity contribution in [2.45, 2.75) is 0 Å². The van der Waals surface area contributed by atoms with Crippen LogP contribution < -0.4 is 11.3 Å². The number of hydrogen-bond acceptors (Lipinski definition) is 4. The third-order valence-corrected chi connectivity index (χ3v) is 2.17. The van der Waals surface area contributed by atoms with Crippen molar-refractivity contribution in [3.63, 3.8) is 0 Å². The molecule has 6 heteroatoms. The van der Waals surface area contributed by atoms with Crippen LogP contribution in [0.3, 0.4) is 0 Å². The van der Waals surface area contributed by atoms with Crippen molar-refractivity contribution in [3.8, 4) is 0 Å². The molecule has 4 nitrogen and oxygen atoms in total. The molecule has 0 fully saturated rings. The normalized spacial score (nSPS) is 10.5. The van der Waals surface area contributed by atoms with Gasteiger partial charge in [-0.25, -0.2) is 10.8 Å². The van der Waals surface area contributed by atoms with Crippen molar-refractivity contribution in [1.29, 1.82) is 0 Å². The second kappa shape index (κ2) is 3.57. The summed E-state index contributed by atoms with van der Waals surface area (Å²) in [6.07, 6.45) is 0. The van der Waals surface area contributed by atoms with Crippen LogP contribution >= 0.6 is 23.2 Å². The average molecular weight is 229 g/mol. The molecule has 1 heterocycles. The Morgan fingerprint density at radius 2 is 2.00 bits per heavy atom. The minimum atomic E-state index is 0.146. The summed E-state index contributed by atoms with van der Waals surface area (Å²) in [4.78, 5) is 7.95. The fraction of sp³-hybridized carbons (Fsp3) is 0. The van der Waals surface area contributed by atoms with Crippen LogP contribution in [-0.2, 0) is 0 Å². The molecular formula is C8H6Cl2N4. The summed E-state index contributed by atoms with van der Waals surface area (Å²) in [6.45, 7) is 0. The first-order chi connectivity index (χ1) is 6.70. The van der Waals surface area contributed by atoms with Gasteiger partial charge in [0.05, 0.1) is 5.52 Å². The first-order valence-corrected chi connectivity index (χ1v) is 4.56. The first kappa shape index (κ1) is 9.45. The number of aromatic nitrogens is 2. The fourth-order valence-corrected chi connectivity index (χ4v) is 1.53. The van der Waals surface area contributed by atoms with Crippen LogP contribution in [-0.4, -0.2) is 9.97 Å². The van der Waals surface area contributed by atoms with Crippen LogP contribution in [0.1, 0.15) is 0 Å². The molecule has 0 atom stereocenters. The van der Waals surface area contributed by atoms with E-state index < -0.39 is 0 Å². The number of rotatable bonds is 1. The van der Waals surface area contributed by atoms with Gasteiger partial charge in [0.1, 0.15) is 0 Å². The molecule has 0 aliphatic rings. The molecule has 0 aliphatic carbocycles. The number of nitrogens with two attached hydrogens (primary N) is 1. The minimum Gasteiger partial charge on any atom is -0.308 e. The third-order valence-electron chi connectivity index (χ3n) is 1.77. The van der Waals surface area contributed by atoms with Crippen molar-refractivity contribution in [1.82, 2.24) is 9.97 Å². The number of fused-ring (bicyclic) bond motifs is 1. The number of benzene rings is 1. The molecule has 3 N–H and O–H groups in total. The van der Waals surface area contributed by atoms with Gasteiger partial charge in [-0.3, -0.25) is 0 Å².